The smallest absolute Gasteiger partial charge is 0.251 e. The molecule has 1 N–H and O–H groups in total. The van der Waals surface area contributed by atoms with Gasteiger partial charge in [-0.05, 0) is 56.7 Å². The summed E-state index contributed by atoms with van der Waals surface area (Å²) < 4.78 is 5.57. The number of amides is 1. The molecule has 1 aromatic carbocycles. The maximum absolute atomic E-state index is 12.6. The van der Waals surface area contributed by atoms with Crippen molar-refractivity contribution in [1.82, 2.24) is 19.8 Å². The van der Waals surface area contributed by atoms with Gasteiger partial charge in [0.1, 0.15) is 18.2 Å². The molecule has 8 nitrogen and oxygen atoms in total. The lowest BCUT2D eigenvalue weighted by atomic mass is 9.89. The molecule has 2 aromatic rings. The zero-order chi connectivity index (χ0) is 21.9. The Bertz CT molecular complexity index is 999. The number of aromatic nitrogens is 2. The normalized spacial score (nSPS) is 26.7. The van der Waals surface area contributed by atoms with Gasteiger partial charge in [0.15, 0.2) is 0 Å². The van der Waals surface area contributed by atoms with E-state index in [4.69, 9.17) is 4.74 Å². The minimum absolute atomic E-state index is 0.187. The topological polar surface area (TPSA) is 94.4 Å². The van der Waals surface area contributed by atoms with E-state index in [1.807, 2.05) is 17.0 Å². The molecule has 1 saturated carbocycles. The van der Waals surface area contributed by atoms with Crippen LogP contribution in [0.15, 0.2) is 24.5 Å². The summed E-state index contributed by atoms with van der Waals surface area (Å²) in [5.41, 5.74) is 1.47. The highest BCUT2D eigenvalue weighted by atomic mass is 16.5. The van der Waals surface area contributed by atoms with Crippen LogP contribution in [0.25, 0.3) is 10.9 Å². The van der Waals surface area contributed by atoms with E-state index in [2.05, 4.69) is 26.3 Å². The molecule has 3 aliphatic rings. The molecule has 3 heterocycles. The zero-order valence-corrected chi connectivity index (χ0v) is 18.4. The van der Waals surface area contributed by atoms with Gasteiger partial charge < -0.3 is 15.0 Å². The quantitative estimate of drug-likeness (QED) is 0.790. The highest BCUT2D eigenvalue weighted by Crippen LogP contribution is 2.28. The zero-order valence-electron chi connectivity index (χ0n) is 18.4. The number of piperazine rings is 1. The summed E-state index contributed by atoms with van der Waals surface area (Å²) in [4.78, 5) is 25.9. The maximum atomic E-state index is 12.6. The molecular formula is C24H30N6O2. The summed E-state index contributed by atoms with van der Waals surface area (Å²) in [6.07, 6.45) is 7.71. The second-order valence-corrected chi connectivity index (χ2v) is 9.08. The van der Waals surface area contributed by atoms with Gasteiger partial charge in [-0.3, -0.25) is 9.69 Å². The average molecular weight is 435 g/mol. The molecule has 0 radical (unpaired) electrons. The third-order valence-corrected chi connectivity index (χ3v) is 7.15. The molecule has 0 unspecified atom stereocenters. The van der Waals surface area contributed by atoms with Gasteiger partial charge in [0.2, 0.25) is 0 Å². The van der Waals surface area contributed by atoms with Gasteiger partial charge in [-0.25, -0.2) is 9.97 Å². The lowest BCUT2D eigenvalue weighted by molar-refractivity contribution is -0.143. The average Bonchev–Trinajstić information content (AvgIpc) is 3.39. The van der Waals surface area contributed by atoms with Gasteiger partial charge in [-0.15, -0.1) is 0 Å². The van der Waals surface area contributed by atoms with Crippen LogP contribution < -0.4 is 5.32 Å². The third kappa shape index (κ3) is 4.41. The Hall–Kier alpha value is -2.76. The number of carbonyl (C=O) groups is 1. The molecule has 2 aliphatic heterocycles. The van der Waals surface area contributed by atoms with Crippen LogP contribution in [0.1, 0.15) is 44.1 Å². The number of anilines is 1. The van der Waals surface area contributed by atoms with Crippen LogP contribution >= 0.6 is 0 Å². The molecule has 1 aliphatic carbocycles. The second-order valence-electron chi connectivity index (χ2n) is 9.08. The van der Waals surface area contributed by atoms with Crippen LogP contribution in [0.2, 0.25) is 0 Å². The largest absolute Gasteiger partial charge is 0.368 e. The van der Waals surface area contributed by atoms with Crippen molar-refractivity contribution in [2.75, 3.05) is 38.1 Å². The number of hydrogen-bond acceptors (Lipinski definition) is 7. The second kappa shape index (κ2) is 9.39. The summed E-state index contributed by atoms with van der Waals surface area (Å²) in [7, 11) is 0. The van der Waals surface area contributed by atoms with Crippen LogP contribution in [-0.4, -0.2) is 76.6 Å². The molecule has 1 aromatic heterocycles. The Morgan fingerprint density at radius 3 is 2.62 bits per heavy atom. The van der Waals surface area contributed by atoms with Crippen molar-refractivity contribution in [3.05, 3.63) is 30.1 Å². The number of nitriles is 1. The third-order valence-electron chi connectivity index (χ3n) is 7.15. The number of nitrogens with zero attached hydrogens (tertiary/aromatic N) is 5. The lowest BCUT2D eigenvalue weighted by Crippen LogP contribution is -2.54. The van der Waals surface area contributed by atoms with Crippen molar-refractivity contribution >= 4 is 22.6 Å². The van der Waals surface area contributed by atoms with Gasteiger partial charge in [0.25, 0.3) is 5.91 Å². The number of nitrogens with one attached hydrogen (secondary N) is 1. The summed E-state index contributed by atoms with van der Waals surface area (Å²) in [5, 5.41) is 13.7. The molecular weight excluding hydrogens is 404 g/mol. The van der Waals surface area contributed by atoms with E-state index in [0.29, 0.717) is 17.6 Å². The van der Waals surface area contributed by atoms with E-state index in [-0.39, 0.29) is 12.0 Å². The fraction of sp³-hybridized carbons (Fsp3) is 0.583. The first kappa shape index (κ1) is 21.1. The first-order valence-corrected chi connectivity index (χ1v) is 11.8. The fourth-order valence-electron chi connectivity index (χ4n) is 5.30. The highest BCUT2D eigenvalue weighted by Gasteiger charge is 2.33. The monoisotopic (exact) mass is 434 g/mol. The van der Waals surface area contributed by atoms with Crippen LogP contribution in [-0.2, 0) is 9.53 Å². The molecule has 1 atom stereocenters. The Morgan fingerprint density at radius 2 is 1.91 bits per heavy atom. The van der Waals surface area contributed by atoms with E-state index < -0.39 is 0 Å². The van der Waals surface area contributed by atoms with Crippen LogP contribution in [0.3, 0.4) is 0 Å². The first-order valence-electron chi connectivity index (χ1n) is 11.8. The van der Waals surface area contributed by atoms with E-state index >= 15 is 0 Å². The Balaban J connectivity index is 1.13. The summed E-state index contributed by atoms with van der Waals surface area (Å²) >= 11 is 0. The predicted molar refractivity (Wildman–Crippen MR) is 121 cm³/mol. The first-order chi connectivity index (χ1) is 15.7. The van der Waals surface area contributed by atoms with Gasteiger partial charge in [-0.2, -0.15) is 5.26 Å². The molecule has 32 heavy (non-hydrogen) atoms. The molecule has 2 saturated heterocycles. The Morgan fingerprint density at radius 1 is 1.09 bits per heavy atom. The Labute approximate surface area is 188 Å². The molecule has 3 fully saturated rings. The number of hydrogen-bond donors (Lipinski definition) is 1. The molecule has 0 spiro atoms. The van der Waals surface area contributed by atoms with Gasteiger partial charge in [0.05, 0.1) is 17.1 Å². The van der Waals surface area contributed by atoms with Crippen LogP contribution in [0.4, 0.5) is 5.82 Å². The van der Waals surface area contributed by atoms with Gasteiger partial charge in [-0.1, -0.05) is 0 Å². The summed E-state index contributed by atoms with van der Waals surface area (Å²) in [6, 6.07) is 8.68. The van der Waals surface area contributed by atoms with Crippen molar-refractivity contribution < 1.29 is 9.53 Å². The molecule has 8 heteroatoms. The van der Waals surface area contributed by atoms with Crippen molar-refractivity contribution in [3.63, 3.8) is 0 Å². The number of carbonyl (C=O) groups excluding carboxylic acids is 1. The molecule has 168 valence electrons. The van der Waals surface area contributed by atoms with E-state index in [1.54, 1.807) is 12.4 Å². The standard InChI is InChI=1S/C24H30N6O2/c25-15-17-3-8-21-20(14-17)23(27-16-26-21)28-18-4-6-19(7-5-18)29-9-11-30(12-10-29)24(31)22-2-1-13-32-22/h3,8,14,16,18-19,22H,1-2,4-7,9-13H2,(H,26,27,28)/t18?,19?,22-/m1/s1. The number of rotatable bonds is 4. The SMILES string of the molecule is N#Cc1ccc2ncnc(NC3CCC(N4CCN(C(=O)[C@H]5CCCO5)CC4)CC3)c2c1. The summed E-state index contributed by atoms with van der Waals surface area (Å²) in [6.45, 7) is 4.25. The van der Waals surface area contributed by atoms with Crippen molar-refractivity contribution in [3.8, 4) is 6.07 Å². The lowest BCUT2D eigenvalue weighted by Gasteiger charge is -2.42. The summed E-state index contributed by atoms with van der Waals surface area (Å²) in [5.74, 6) is 1.00. The predicted octanol–water partition coefficient (Wildman–Crippen LogP) is 2.55. The van der Waals surface area contributed by atoms with E-state index in [0.717, 1.165) is 88.0 Å². The van der Waals surface area contributed by atoms with Gasteiger partial charge >= 0.3 is 0 Å². The van der Waals surface area contributed by atoms with E-state index in [1.165, 1.54) is 0 Å². The minimum Gasteiger partial charge on any atom is -0.368 e. The highest BCUT2D eigenvalue weighted by molar-refractivity contribution is 5.89. The molecule has 1 amide bonds. The molecule has 5 rings (SSSR count). The van der Waals surface area contributed by atoms with Crippen molar-refractivity contribution in [2.45, 2.75) is 56.7 Å². The van der Waals surface area contributed by atoms with Gasteiger partial charge in [0, 0.05) is 50.3 Å². The number of ether oxygens (including phenoxy) is 1. The van der Waals surface area contributed by atoms with E-state index in [9.17, 15) is 10.1 Å². The fourth-order valence-corrected chi connectivity index (χ4v) is 5.30. The van der Waals surface area contributed by atoms with Crippen LogP contribution in [0.5, 0.6) is 0 Å². The molecule has 0 bridgehead atoms. The Kier molecular flexibility index (Phi) is 6.19. The number of benzene rings is 1. The maximum Gasteiger partial charge on any atom is 0.251 e. The van der Waals surface area contributed by atoms with Crippen molar-refractivity contribution in [1.29, 1.82) is 5.26 Å². The van der Waals surface area contributed by atoms with Crippen molar-refractivity contribution in [2.24, 2.45) is 0 Å². The minimum atomic E-state index is -0.204. The van der Waals surface area contributed by atoms with Crippen LogP contribution in [0, 0.1) is 11.3 Å². The number of fused-ring (bicyclic) bond motifs is 1.